The van der Waals surface area contributed by atoms with Crippen molar-refractivity contribution in [1.82, 2.24) is 0 Å². The van der Waals surface area contributed by atoms with Gasteiger partial charge in [0, 0.05) is 12.8 Å². The van der Waals surface area contributed by atoms with E-state index in [4.69, 9.17) is 10.2 Å². The van der Waals surface area contributed by atoms with Crippen molar-refractivity contribution in [3.8, 4) is 0 Å². The Hall–Kier alpha value is -2.62. The molecule has 0 heterocycles. The Labute approximate surface area is 137 Å². The van der Waals surface area contributed by atoms with E-state index in [9.17, 15) is 9.59 Å². The third-order valence-electron chi connectivity index (χ3n) is 2.94. The van der Waals surface area contributed by atoms with E-state index in [2.05, 4.69) is 0 Å². The normalized spacial score (nSPS) is 9.04. The lowest BCUT2D eigenvalue weighted by Crippen LogP contribution is -1.96. The molecule has 0 unspecified atom stereocenters. The summed E-state index contributed by atoms with van der Waals surface area (Å²) in [5.41, 5.74) is 2.16. The Bertz CT molecular complexity index is 511. The Morgan fingerprint density at radius 3 is 1.22 bits per heavy atom. The molecular formula is C19H24O4. The summed E-state index contributed by atoms with van der Waals surface area (Å²) in [5.74, 6) is -1.48. The van der Waals surface area contributed by atoms with Gasteiger partial charge < -0.3 is 10.2 Å². The van der Waals surface area contributed by atoms with Gasteiger partial charge in [0.15, 0.2) is 0 Å². The minimum atomic E-state index is -0.742. The first-order valence-electron chi connectivity index (χ1n) is 7.09. The Morgan fingerprint density at radius 2 is 0.957 bits per heavy atom. The molecule has 2 aromatic rings. The van der Waals surface area contributed by atoms with Crippen LogP contribution in [0.5, 0.6) is 0 Å². The highest BCUT2D eigenvalue weighted by molar-refractivity contribution is 5.67. The molecule has 0 fully saturated rings. The number of rotatable bonds is 6. The van der Waals surface area contributed by atoms with Crippen molar-refractivity contribution in [2.45, 2.75) is 33.1 Å². The van der Waals surface area contributed by atoms with Crippen molar-refractivity contribution < 1.29 is 19.8 Å². The molecule has 2 rings (SSSR count). The summed E-state index contributed by atoms with van der Waals surface area (Å²) < 4.78 is 0. The van der Waals surface area contributed by atoms with Crippen LogP contribution in [0.1, 0.15) is 31.4 Å². The minimum absolute atomic E-state index is 0. The first kappa shape index (κ1) is 20.4. The molecule has 0 radical (unpaired) electrons. The fourth-order valence-electron chi connectivity index (χ4n) is 1.79. The van der Waals surface area contributed by atoms with E-state index in [0.29, 0.717) is 12.8 Å². The predicted octanol–water partition coefficient (Wildman–Crippen LogP) is 4.04. The topological polar surface area (TPSA) is 74.6 Å². The fraction of sp³-hybridized carbons (Fsp3) is 0.263. The Kier molecular flexibility index (Phi) is 10.6. The summed E-state index contributed by atoms with van der Waals surface area (Å²) in [5, 5.41) is 16.7. The van der Waals surface area contributed by atoms with Crippen molar-refractivity contribution in [1.29, 1.82) is 0 Å². The van der Waals surface area contributed by atoms with Crippen molar-refractivity contribution in [3.05, 3.63) is 71.8 Å². The van der Waals surface area contributed by atoms with Crippen LogP contribution in [0.3, 0.4) is 0 Å². The number of carboxylic acids is 2. The van der Waals surface area contributed by atoms with E-state index in [1.807, 2.05) is 60.7 Å². The van der Waals surface area contributed by atoms with Crippen LogP contribution in [0.25, 0.3) is 0 Å². The van der Waals surface area contributed by atoms with Gasteiger partial charge in [-0.3, -0.25) is 9.59 Å². The second-order valence-corrected chi connectivity index (χ2v) is 4.76. The largest absolute Gasteiger partial charge is 0.481 e. The maximum Gasteiger partial charge on any atom is 0.303 e. The highest BCUT2D eigenvalue weighted by Crippen LogP contribution is 2.02. The van der Waals surface area contributed by atoms with Gasteiger partial charge >= 0.3 is 11.9 Å². The zero-order valence-electron chi connectivity index (χ0n) is 12.3. The van der Waals surface area contributed by atoms with Crippen LogP contribution in [0.4, 0.5) is 0 Å². The summed E-state index contributed by atoms with van der Waals surface area (Å²) >= 11 is 0. The number of benzene rings is 2. The molecule has 23 heavy (non-hydrogen) atoms. The molecule has 0 aliphatic rings. The van der Waals surface area contributed by atoms with Crippen molar-refractivity contribution in [2.75, 3.05) is 0 Å². The molecule has 0 spiro atoms. The van der Waals surface area contributed by atoms with Crippen molar-refractivity contribution in [2.24, 2.45) is 0 Å². The monoisotopic (exact) mass is 316 g/mol. The van der Waals surface area contributed by atoms with Gasteiger partial charge in [-0.05, 0) is 24.0 Å². The first-order valence-corrected chi connectivity index (χ1v) is 7.09. The predicted molar refractivity (Wildman–Crippen MR) is 91.5 cm³/mol. The molecule has 0 atom stereocenters. The van der Waals surface area contributed by atoms with E-state index in [-0.39, 0.29) is 20.3 Å². The smallest absolute Gasteiger partial charge is 0.303 e. The SMILES string of the molecule is C.O=C(O)CCc1ccccc1.O=C(O)CCc1ccccc1. The lowest BCUT2D eigenvalue weighted by molar-refractivity contribution is -0.138. The molecule has 0 saturated carbocycles. The third-order valence-corrected chi connectivity index (χ3v) is 2.94. The van der Waals surface area contributed by atoms with E-state index >= 15 is 0 Å². The molecule has 0 saturated heterocycles. The van der Waals surface area contributed by atoms with E-state index in [0.717, 1.165) is 11.1 Å². The lowest BCUT2D eigenvalue weighted by atomic mass is 10.1. The van der Waals surface area contributed by atoms with E-state index < -0.39 is 11.9 Å². The molecule has 0 aliphatic heterocycles. The lowest BCUT2D eigenvalue weighted by Gasteiger charge is -1.95. The van der Waals surface area contributed by atoms with Gasteiger partial charge in [-0.25, -0.2) is 0 Å². The van der Waals surface area contributed by atoms with E-state index in [1.54, 1.807) is 0 Å². The van der Waals surface area contributed by atoms with Gasteiger partial charge in [0.05, 0.1) is 0 Å². The van der Waals surface area contributed by atoms with Gasteiger partial charge in [0.2, 0.25) is 0 Å². The van der Waals surface area contributed by atoms with Crippen LogP contribution >= 0.6 is 0 Å². The molecular weight excluding hydrogens is 292 g/mol. The summed E-state index contributed by atoms with van der Waals surface area (Å²) in [6.07, 6.45) is 1.67. The zero-order chi connectivity index (χ0) is 16.2. The molecule has 2 N–H and O–H groups in total. The number of hydrogen-bond acceptors (Lipinski definition) is 2. The van der Waals surface area contributed by atoms with Crippen LogP contribution in [0.15, 0.2) is 60.7 Å². The number of hydrogen-bond donors (Lipinski definition) is 2. The van der Waals surface area contributed by atoms with Crippen LogP contribution in [-0.2, 0) is 22.4 Å². The van der Waals surface area contributed by atoms with E-state index in [1.165, 1.54) is 0 Å². The minimum Gasteiger partial charge on any atom is -0.481 e. The zero-order valence-corrected chi connectivity index (χ0v) is 12.3. The molecule has 0 aliphatic carbocycles. The quantitative estimate of drug-likeness (QED) is 0.843. The number of aryl methyl sites for hydroxylation is 2. The number of aliphatic carboxylic acids is 2. The molecule has 2 aromatic carbocycles. The number of carboxylic acid groups (broad SMARTS) is 2. The first-order chi connectivity index (χ1) is 10.6. The summed E-state index contributed by atoms with van der Waals surface area (Å²) in [7, 11) is 0. The van der Waals surface area contributed by atoms with Crippen LogP contribution < -0.4 is 0 Å². The van der Waals surface area contributed by atoms with Crippen LogP contribution in [0, 0.1) is 0 Å². The Balaban J connectivity index is 0.000000403. The van der Waals surface area contributed by atoms with Crippen molar-refractivity contribution in [3.63, 3.8) is 0 Å². The van der Waals surface area contributed by atoms with Gasteiger partial charge in [0.25, 0.3) is 0 Å². The second kappa shape index (κ2) is 12.0. The third kappa shape index (κ3) is 10.7. The highest BCUT2D eigenvalue weighted by Gasteiger charge is 1.97. The molecule has 124 valence electrons. The van der Waals surface area contributed by atoms with Crippen LogP contribution in [-0.4, -0.2) is 22.2 Å². The Morgan fingerprint density at radius 1 is 0.652 bits per heavy atom. The molecule has 0 amide bonds. The average Bonchev–Trinajstić information content (AvgIpc) is 2.53. The standard InChI is InChI=1S/2C9H10O2.CH4/c2*10-9(11)7-6-8-4-2-1-3-5-8;/h2*1-5H,6-7H2,(H,10,11);1H4. The average molecular weight is 316 g/mol. The van der Waals surface area contributed by atoms with Gasteiger partial charge in [-0.15, -0.1) is 0 Å². The number of carbonyl (C=O) groups is 2. The molecule has 4 nitrogen and oxygen atoms in total. The van der Waals surface area contributed by atoms with Gasteiger partial charge in [0.1, 0.15) is 0 Å². The van der Waals surface area contributed by atoms with Gasteiger partial charge in [-0.1, -0.05) is 68.1 Å². The second-order valence-electron chi connectivity index (χ2n) is 4.76. The maximum absolute atomic E-state index is 10.2. The van der Waals surface area contributed by atoms with Crippen molar-refractivity contribution >= 4 is 11.9 Å². The van der Waals surface area contributed by atoms with Gasteiger partial charge in [-0.2, -0.15) is 0 Å². The highest BCUT2D eigenvalue weighted by atomic mass is 16.4. The van der Waals surface area contributed by atoms with Crippen LogP contribution in [0.2, 0.25) is 0 Å². The molecule has 0 aromatic heterocycles. The summed E-state index contributed by atoms with van der Waals surface area (Å²) in [6.45, 7) is 0. The molecule has 0 bridgehead atoms. The molecule has 4 heteroatoms. The summed E-state index contributed by atoms with van der Waals surface area (Å²) in [4.78, 5) is 20.3. The fourth-order valence-corrected chi connectivity index (χ4v) is 1.79. The summed E-state index contributed by atoms with van der Waals surface area (Å²) in [6, 6.07) is 19.2. The maximum atomic E-state index is 10.2.